The van der Waals surface area contributed by atoms with E-state index in [9.17, 15) is 4.39 Å². The molecule has 2 rings (SSSR count). The van der Waals surface area contributed by atoms with Crippen LogP contribution in [0.2, 0.25) is 0 Å². The molecule has 2 aromatic carbocycles. The maximum Gasteiger partial charge on any atom is 0.130 e. The lowest BCUT2D eigenvalue weighted by Crippen LogP contribution is -2.13. The number of hydrogen-bond donors (Lipinski definition) is 1. The Morgan fingerprint density at radius 3 is 2.36 bits per heavy atom. The molecule has 0 atom stereocenters. The summed E-state index contributed by atoms with van der Waals surface area (Å²) in [6.45, 7) is 17.5. The minimum Gasteiger partial charge on any atom is -0.356 e. The second-order valence-corrected chi connectivity index (χ2v) is 7.11. The quantitative estimate of drug-likeness (QED) is 0.606. The molecule has 0 bridgehead atoms. The van der Waals surface area contributed by atoms with Gasteiger partial charge in [0.2, 0.25) is 0 Å². The maximum atomic E-state index is 14.6. The molecule has 25 heavy (non-hydrogen) atoms. The standard InChI is InChI=1S/C23H28FN/c1-8-18-10-11-19(13-22(18)23(6,7)24)17(5)25-20-12-9-16(4)21(14-20)15(2)3/h9-14,25H,2,5,8H2,1,3-4,6-7H3. The molecule has 0 unspecified atom stereocenters. The molecule has 0 saturated heterocycles. The summed E-state index contributed by atoms with van der Waals surface area (Å²) < 4.78 is 14.6. The summed E-state index contributed by atoms with van der Waals surface area (Å²) in [7, 11) is 0. The minimum atomic E-state index is -1.38. The van der Waals surface area contributed by atoms with Crippen LogP contribution in [0.15, 0.2) is 49.6 Å². The Kier molecular flexibility index (Phi) is 5.52. The summed E-state index contributed by atoms with van der Waals surface area (Å²) in [6, 6.07) is 12.1. The van der Waals surface area contributed by atoms with Crippen LogP contribution in [0.4, 0.5) is 10.1 Å². The number of allylic oxidation sites excluding steroid dienone is 1. The van der Waals surface area contributed by atoms with E-state index in [1.165, 1.54) is 5.56 Å². The summed E-state index contributed by atoms with van der Waals surface area (Å²) in [6.07, 6.45) is 0.808. The number of rotatable bonds is 6. The first-order valence-corrected chi connectivity index (χ1v) is 8.68. The molecule has 0 saturated carbocycles. The van der Waals surface area contributed by atoms with Crippen molar-refractivity contribution in [3.8, 4) is 0 Å². The van der Waals surface area contributed by atoms with Crippen molar-refractivity contribution < 1.29 is 4.39 Å². The molecule has 0 aliphatic heterocycles. The first kappa shape index (κ1) is 19.0. The fraction of sp³-hybridized carbons (Fsp3) is 0.304. The molecule has 0 aliphatic carbocycles. The highest BCUT2D eigenvalue weighted by Gasteiger charge is 2.22. The second-order valence-electron chi connectivity index (χ2n) is 7.11. The monoisotopic (exact) mass is 337 g/mol. The Bertz CT molecular complexity index is 809. The van der Waals surface area contributed by atoms with Crippen LogP contribution in [-0.2, 0) is 12.1 Å². The first-order valence-electron chi connectivity index (χ1n) is 8.68. The third-order valence-corrected chi connectivity index (χ3v) is 4.47. The van der Waals surface area contributed by atoms with Gasteiger partial charge >= 0.3 is 0 Å². The van der Waals surface area contributed by atoms with Crippen LogP contribution in [0, 0.1) is 6.92 Å². The van der Waals surface area contributed by atoms with E-state index >= 15 is 0 Å². The van der Waals surface area contributed by atoms with Gasteiger partial charge in [-0.2, -0.15) is 0 Å². The van der Waals surface area contributed by atoms with Crippen molar-refractivity contribution in [1.29, 1.82) is 0 Å². The van der Waals surface area contributed by atoms with Gasteiger partial charge in [-0.15, -0.1) is 0 Å². The highest BCUT2D eigenvalue weighted by molar-refractivity contribution is 5.78. The third-order valence-electron chi connectivity index (χ3n) is 4.47. The number of benzene rings is 2. The molecule has 0 spiro atoms. The fourth-order valence-corrected chi connectivity index (χ4v) is 3.03. The van der Waals surface area contributed by atoms with E-state index in [0.29, 0.717) is 0 Å². The molecule has 0 fully saturated rings. The third kappa shape index (κ3) is 4.39. The van der Waals surface area contributed by atoms with Gasteiger partial charge in [-0.1, -0.05) is 43.9 Å². The highest BCUT2D eigenvalue weighted by atomic mass is 19.1. The fourth-order valence-electron chi connectivity index (χ4n) is 3.03. The molecule has 0 aliphatic rings. The average molecular weight is 337 g/mol. The van der Waals surface area contributed by atoms with Crippen molar-refractivity contribution in [2.75, 3.05) is 5.32 Å². The van der Waals surface area contributed by atoms with Crippen LogP contribution in [0.5, 0.6) is 0 Å². The molecular formula is C23H28FN. The van der Waals surface area contributed by atoms with Crippen molar-refractivity contribution in [2.45, 2.75) is 46.7 Å². The second kappa shape index (κ2) is 7.26. The molecule has 0 aromatic heterocycles. The van der Waals surface area contributed by atoms with Crippen LogP contribution in [0.25, 0.3) is 11.3 Å². The number of nitrogens with one attached hydrogen (secondary N) is 1. The van der Waals surface area contributed by atoms with Gasteiger partial charge in [0.15, 0.2) is 0 Å². The molecule has 2 aromatic rings. The van der Waals surface area contributed by atoms with E-state index in [1.807, 2.05) is 38.1 Å². The smallest absolute Gasteiger partial charge is 0.130 e. The zero-order valence-electron chi connectivity index (χ0n) is 16.0. The van der Waals surface area contributed by atoms with Gasteiger partial charge in [-0.3, -0.25) is 0 Å². The zero-order valence-corrected chi connectivity index (χ0v) is 16.0. The lowest BCUT2D eigenvalue weighted by molar-refractivity contribution is 0.220. The number of alkyl halides is 1. The summed E-state index contributed by atoms with van der Waals surface area (Å²) in [5.41, 5.74) is 6.33. The Labute approximate surface area is 151 Å². The highest BCUT2D eigenvalue weighted by Crippen LogP contribution is 2.31. The van der Waals surface area contributed by atoms with Gasteiger partial charge < -0.3 is 5.32 Å². The average Bonchev–Trinajstić information content (AvgIpc) is 2.54. The van der Waals surface area contributed by atoms with Crippen LogP contribution in [0.3, 0.4) is 0 Å². The lowest BCUT2D eigenvalue weighted by Gasteiger charge is -2.21. The Hall–Kier alpha value is -2.35. The normalized spacial score (nSPS) is 11.3. The number of hydrogen-bond acceptors (Lipinski definition) is 1. The first-order chi connectivity index (χ1) is 11.6. The summed E-state index contributed by atoms with van der Waals surface area (Å²) in [4.78, 5) is 0. The molecule has 1 N–H and O–H groups in total. The number of anilines is 1. The largest absolute Gasteiger partial charge is 0.356 e. The predicted molar refractivity (Wildman–Crippen MR) is 108 cm³/mol. The Morgan fingerprint density at radius 2 is 1.80 bits per heavy atom. The van der Waals surface area contributed by atoms with E-state index < -0.39 is 5.67 Å². The predicted octanol–water partition coefficient (Wildman–Crippen LogP) is 6.88. The molecule has 0 radical (unpaired) electrons. The van der Waals surface area contributed by atoms with Crippen molar-refractivity contribution in [1.82, 2.24) is 0 Å². The summed E-state index contributed by atoms with van der Waals surface area (Å²) in [5, 5.41) is 3.34. The van der Waals surface area contributed by atoms with Crippen molar-refractivity contribution in [3.05, 3.63) is 77.4 Å². The van der Waals surface area contributed by atoms with E-state index in [0.717, 1.165) is 45.6 Å². The summed E-state index contributed by atoms with van der Waals surface area (Å²) in [5.74, 6) is 0. The van der Waals surface area contributed by atoms with Gasteiger partial charge in [0.25, 0.3) is 0 Å². The summed E-state index contributed by atoms with van der Waals surface area (Å²) >= 11 is 0. The van der Waals surface area contributed by atoms with Gasteiger partial charge in [-0.25, -0.2) is 4.39 Å². The number of aryl methyl sites for hydroxylation is 2. The Morgan fingerprint density at radius 1 is 1.12 bits per heavy atom. The topological polar surface area (TPSA) is 12.0 Å². The SMILES string of the molecule is C=C(Nc1ccc(C)c(C(=C)C)c1)c1ccc(CC)c(C(C)(C)F)c1. The van der Waals surface area contributed by atoms with E-state index in [4.69, 9.17) is 0 Å². The van der Waals surface area contributed by atoms with E-state index in [2.05, 4.69) is 37.5 Å². The Balaban J connectivity index is 2.33. The van der Waals surface area contributed by atoms with Crippen LogP contribution >= 0.6 is 0 Å². The van der Waals surface area contributed by atoms with Crippen molar-refractivity contribution in [3.63, 3.8) is 0 Å². The minimum absolute atomic E-state index is 0.724. The zero-order chi connectivity index (χ0) is 18.8. The molecule has 2 heteroatoms. The van der Waals surface area contributed by atoms with Gasteiger partial charge in [0.05, 0.1) is 0 Å². The molecule has 0 amide bonds. The molecular weight excluding hydrogens is 309 g/mol. The van der Waals surface area contributed by atoms with Crippen molar-refractivity contribution >= 4 is 17.0 Å². The van der Waals surface area contributed by atoms with E-state index in [-0.39, 0.29) is 0 Å². The van der Waals surface area contributed by atoms with Crippen LogP contribution in [0.1, 0.15) is 55.5 Å². The molecule has 1 nitrogen and oxygen atoms in total. The van der Waals surface area contributed by atoms with Gasteiger partial charge in [0, 0.05) is 11.4 Å². The van der Waals surface area contributed by atoms with Gasteiger partial charge in [-0.05, 0) is 80.1 Å². The number of halogens is 1. The molecule has 132 valence electrons. The molecule has 0 heterocycles. The lowest BCUT2D eigenvalue weighted by atomic mass is 9.91. The van der Waals surface area contributed by atoms with Crippen LogP contribution in [-0.4, -0.2) is 0 Å². The van der Waals surface area contributed by atoms with E-state index in [1.54, 1.807) is 13.8 Å². The van der Waals surface area contributed by atoms with Gasteiger partial charge in [0.1, 0.15) is 5.67 Å². The van der Waals surface area contributed by atoms with Crippen molar-refractivity contribution in [2.24, 2.45) is 0 Å². The maximum absolute atomic E-state index is 14.6. The van der Waals surface area contributed by atoms with Crippen LogP contribution < -0.4 is 5.32 Å².